The minimum absolute atomic E-state index is 0.00787. The molecule has 28 heavy (non-hydrogen) atoms. The molecule has 5 nitrogen and oxygen atoms in total. The summed E-state index contributed by atoms with van der Waals surface area (Å²) in [6.45, 7) is 6.87. The Balaban J connectivity index is 1.88. The zero-order valence-electron chi connectivity index (χ0n) is 16.6. The molecule has 3 rings (SSSR count). The second kappa shape index (κ2) is 8.15. The SMILES string of the molecule is CC(C)(C)c1ccc([C@H](OCC2CCC(=O)N2)c2cccc(C(=O)O)c2)cc1. The lowest BCUT2D eigenvalue weighted by atomic mass is 9.86. The summed E-state index contributed by atoms with van der Waals surface area (Å²) in [5, 5.41) is 12.2. The first kappa shape index (κ1) is 20.1. The van der Waals surface area contributed by atoms with Crippen molar-refractivity contribution in [2.75, 3.05) is 6.61 Å². The van der Waals surface area contributed by atoms with Crippen LogP contribution in [0.4, 0.5) is 0 Å². The molecule has 0 radical (unpaired) electrons. The average molecular weight is 381 g/mol. The molecule has 1 saturated heterocycles. The van der Waals surface area contributed by atoms with Gasteiger partial charge in [0.15, 0.2) is 0 Å². The monoisotopic (exact) mass is 381 g/mol. The normalized spacial score (nSPS) is 18.0. The van der Waals surface area contributed by atoms with Crippen molar-refractivity contribution < 1.29 is 19.4 Å². The Kier molecular flexibility index (Phi) is 5.84. The lowest BCUT2D eigenvalue weighted by Gasteiger charge is -2.24. The number of aromatic carboxylic acids is 1. The minimum atomic E-state index is -0.966. The van der Waals surface area contributed by atoms with Crippen LogP contribution in [0.15, 0.2) is 48.5 Å². The number of hydrogen-bond donors (Lipinski definition) is 2. The second-order valence-corrected chi connectivity index (χ2v) is 8.32. The van der Waals surface area contributed by atoms with Crippen molar-refractivity contribution in [2.45, 2.75) is 51.2 Å². The number of carbonyl (C=O) groups excluding carboxylic acids is 1. The summed E-state index contributed by atoms with van der Waals surface area (Å²) in [5.74, 6) is -0.917. The van der Waals surface area contributed by atoms with Crippen molar-refractivity contribution in [3.63, 3.8) is 0 Å². The molecule has 2 N–H and O–H groups in total. The van der Waals surface area contributed by atoms with Crippen LogP contribution >= 0.6 is 0 Å². The van der Waals surface area contributed by atoms with Gasteiger partial charge in [-0.1, -0.05) is 57.2 Å². The number of carbonyl (C=O) groups is 2. The van der Waals surface area contributed by atoms with Crippen molar-refractivity contribution in [1.29, 1.82) is 0 Å². The Labute approximate surface area is 165 Å². The Morgan fingerprint density at radius 3 is 2.46 bits per heavy atom. The van der Waals surface area contributed by atoms with Crippen molar-refractivity contribution in [3.05, 3.63) is 70.8 Å². The molecule has 0 spiro atoms. The van der Waals surface area contributed by atoms with Gasteiger partial charge in [-0.25, -0.2) is 4.79 Å². The molecule has 148 valence electrons. The van der Waals surface area contributed by atoms with Crippen LogP contribution in [0.3, 0.4) is 0 Å². The second-order valence-electron chi connectivity index (χ2n) is 8.32. The standard InChI is InChI=1S/C23H27NO4/c1-23(2,3)18-9-7-15(8-10-18)21(28-14-19-11-12-20(25)24-19)16-5-4-6-17(13-16)22(26)27/h4-10,13,19,21H,11-12,14H2,1-3H3,(H,24,25)(H,26,27)/t19?,21-/m0/s1. The fourth-order valence-electron chi connectivity index (χ4n) is 3.39. The van der Waals surface area contributed by atoms with E-state index >= 15 is 0 Å². The highest BCUT2D eigenvalue weighted by Gasteiger charge is 2.24. The summed E-state index contributed by atoms with van der Waals surface area (Å²) >= 11 is 0. The first-order valence-corrected chi connectivity index (χ1v) is 9.59. The van der Waals surface area contributed by atoms with Crippen LogP contribution in [-0.4, -0.2) is 29.6 Å². The maximum absolute atomic E-state index is 11.5. The van der Waals surface area contributed by atoms with E-state index in [1.54, 1.807) is 18.2 Å². The van der Waals surface area contributed by atoms with Crippen LogP contribution in [0.5, 0.6) is 0 Å². The van der Waals surface area contributed by atoms with Gasteiger partial charge in [-0.15, -0.1) is 0 Å². The Bertz CT molecular complexity index is 852. The molecule has 2 aromatic rings. The van der Waals surface area contributed by atoms with Crippen LogP contribution in [-0.2, 0) is 14.9 Å². The highest BCUT2D eigenvalue weighted by atomic mass is 16.5. The minimum Gasteiger partial charge on any atom is -0.478 e. The summed E-state index contributed by atoms with van der Waals surface area (Å²) in [4.78, 5) is 22.8. The molecule has 1 unspecified atom stereocenters. The summed E-state index contributed by atoms with van der Waals surface area (Å²) in [7, 11) is 0. The van der Waals surface area contributed by atoms with Gasteiger partial charge in [-0.2, -0.15) is 0 Å². The third-order valence-electron chi connectivity index (χ3n) is 5.06. The number of ether oxygens (including phenoxy) is 1. The van der Waals surface area contributed by atoms with Crippen molar-refractivity contribution in [3.8, 4) is 0 Å². The summed E-state index contributed by atoms with van der Waals surface area (Å²) in [5.41, 5.74) is 3.24. The van der Waals surface area contributed by atoms with Crippen molar-refractivity contribution in [2.24, 2.45) is 0 Å². The van der Waals surface area contributed by atoms with Crippen LogP contribution in [0.1, 0.15) is 66.8 Å². The van der Waals surface area contributed by atoms with Gasteiger partial charge in [-0.05, 0) is 40.7 Å². The highest BCUT2D eigenvalue weighted by Crippen LogP contribution is 2.30. The molecule has 1 aliphatic rings. The molecule has 1 amide bonds. The first-order chi connectivity index (χ1) is 13.2. The lowest BCUT2D eigenvalue weighted by molar-refractivity contribution is -0.119. The molecule has 5 heteroatoms. The van der Waals surface area contributed by atoms with Crippen LogP contribution in [0.25, 0.3) is 0 Å². The van der Waals surface area contributed by atoms with E-state index in [1.165, 1.54) is 5.56 Å². The largest absolute Gasteiger partial charge is 0.478 e. The number of carboxylic acids is 1. The molecule has 2 aromatic carbocycles. The fraction of sp³-hybridized carbons (Fsp3) is 0.391. The molecule has 0 bridgehead atoms. The molecule has 2 atom stereocenters. The molecular formula is C23H27NO4. The number of rotatable bonds is 6. The van der Waals surface area contributed by atoms with E-state index in [0.29, 0.717) is 13.0 Å². The Morgan fingerprint density at radius 1 is 1.18 bits per heavy atom. The topological polar surface area (TPSA) is 75.6 Å². The molecule has 1 fully saturated rings. The van der Waals surface area contributed by atoms with Gasteiger partial charge < -0.3 is 15.2 Å². The zero-order valence-corrected chi connectivity index (χ0v) is 16.6. The van der Waals surface area contributed by atoms with E-state index in [4.69, 9.17) is 4.74 Å². The predicted octanol–water partition coefficient (Wildman–Crippen LogP) is 4.07. The number of hydrogen-bond acceptors (Lipinski definition) is 3. The van der Waals surface area contributed by atoms with E-state index < -0.39 is 12.1 Å². The van der Waals surface area contributed by atoms with Crippen LogP contribution in [0.2, 0.25) is 0 Å². The third-order valence-corrected chi connectivity index (χ3v) is 5.06. The maximum Gasteiger partial charge on any atom is 0.335 e. The van der Waals surface area contributed by atoms with Gasteiger partial charge in [0.25, 0.3) is 0 Å². The smallest absolute Gasteiger partial charge is 0.335 e. The van der Waals surface area contributed by atoms with Crippen molar-refractivity contribution >= 4 is 11.9 Å². The Morgan fingerprint density at radius 2 is 1.89 bits per heavy atom. The molecule has 0 aliphatic carbocycles. The van der Waals surface area contributed by atoms with Gasteiger partial charge in [0.2, 0.25) is 5.91 Å². The van der Waals surface area contributed by atoms with E-state index in [1.807, 2.05) is 18.2 Å². The zero-order chi connectivity index (χ0) is 20.3. The van der Waals surface area contributed by atoms with E-state index in [9.17, 15) is 14.7 Å². The summed E-state index contributed by atoms with van der Waals surface area (Å²) in [6.07, 6.45) is 0.878. The van der Waals surface area contributed by atoms with E-state index in [2.05, 4.69) is 38.2 Å². The molecular weight excluding hydrogens is 354 g/mol. The molecule has 0 aromatic heterocycles. The number of nitrogens with one attached hydrogen (secondary N) is 1. The number of carboxylic acid groups (broad SMARTS) is 1. The van der Waals surface area contributed by atoms with E-state index in [-0.39, 0.29) is 22.9 Å². The molecule has 1 heterocycles. The maximum atomic E-state index is 11.5. The Hall–Kier alpha value is -2.66. The average Bonchev–Trinajstić information content (AvgIpc) is 3.07. The first-order valence-electron chi connectivity index (χ1n) is 9.59. The van der Waals surface area contributed by atoms with Gasteiger partial charge >= 0.3 is 5.97 Å². The molecule has 1 aliphatic heterocycles. The summed E-state index contributed by atoms with van der Waals surface area (Å²) < 4.78 is 6.20. The van der Waals surface area contributed by atoms with Gasteiger partial charge in [-0.3, -0.25) is 4.79 Å². The highest BCUT2D eigenvalue weighted by molar-refractivity contribution is 5.87. The van der Waals surface area contributed by atoms with Crippen molar-refractivity contribution in [1.82, 2.24) is 5.32 Å². The van der Waals surface area contributed by atoms with Crippen LogP contribution < -0.4 is 5.32 Å². The lowest BCUT2D eigenvalue weighted by Crippen LogP contribution is -2.30. The number of benzene rings is 2. The summed E-state index contributed by atoms with van der Waals surface area (Å²) in [6, 6.07) is 15.1. The number of amides is 1. The van der Waals surface area contributed by atoms with Gasteiger partial charge in [0.1, 0.15) is 6.10 Å². The van der Waals surface area contributed by atoms with E-state index in [0.717, 1.165) is 17.5 Å². The third kappa shape index (κ3) is 4.78. The quantitative estimate of drug-likeness (QED) is 0.791. The van der Waals surface area contributed by atoms with Crippen LogP contribution in [0, 0.1) is 0 Å². The van der Waals surface area contributed by atoms with Gasteiger partial charge in [0, 0.05) is 6.42 Å². The molecule has 0 saturated carbocycles. The fourth-order valence-corrected chi connectivity index (χ4v) is 3.39. The van der Waals surface area contributed by atoms with Gasteiger partial charge in [0.05, 0.1) is 18.2 Å². The predicted molar refractivity (Wildman–Crippen MR) is 108 cm³/mol.